The number of benzene rings is 1. The molecule has 6 heteroatoms. The Kier molecular flexibility index (Phi) is 6.35. The Hall–Kier alpha value is -2.37. The van der Waals surface area contributed by atoms with Gasteiger partial charge in [0.15, 0.2) is 0 Å². The van der Waals surface area contributed by atoms with E-state index in [-0.39, 0.29) is 24.7 Å². The number of carboxylic acids is 1. The van der Waals surface area contributed by atoms with Crippen molar-refractivity contribution < 1.29 is 19.5 Å². The molecule has 6 nitrogen and oxygen atoms in total. The Labute approximate surface area is 141 Å². The van der Waals surface area contributed by atoms with E-state index in [4.69, 9.17) is 5.11 Å². The molecule has 2 amide bonds. The average molecular weight is 332 g/mol. The van der Waals surface area contributed by atoms with Crippen molar-refractivity contribution in [2.75, 3.05) is 6.54 Å². The van der Waals surface area contributed by atoms with Crippen LogP contribution in [-0.2, 0) is 9.59 Å². The lowest BCUT2D eigenvalue weighted by atomic mass is 9.93. The maximum atomic E-state index is 12.1. The van der Waals surface area contributed by atoms with Crippen LogP contribution in [0.2, 0.25) is 0 Å². The van der Waals surface area contributed by atoms with Crippen LogP contribution in [0.25, 0.3) is 0 Å². The molecule has 0 saturated heterocycles. The van der Waals surface area contributed by atoms with E-state index in [0.29, 0.717) is 18.5 Å². The van der Waals surface area contributed by atoms with Crippen molar-refractivity contribution in [1.82, 2.24) is 10.6 Å². The molecule has 1 aliphatic rings. The largest absolute Gasteiger partial charge is 0.481 e. The Morgan fingerprint density at radius 2 is 1.75 bits per heavy atom. The van der Waals surface area contributed by atoms with Gasteiger partial charge in [0.05, 0.1) is 12.0 Å². The smallest absolute Gasteiger partial charge is 0.305 e. The highest BCUT2D eigenvalue weighted by atomic mass is 16.4. The molecule has 24 heavy (non-hydrogen) atoms. The molecule has 1 aromatic rings. The molecule has 0 radical (unpaired) electrons. The Bertz CT molecular complexity index is 580. The quantitative estimate of drug-likeness (QED) is 0.635. The standard InChI is InChI=1S/C18H24N2O4/c21-15(20-18(13-16(22)23)10-4-5-11-18)9-6-12-19-17(24)14-7-2-1-3-8-14/h1-3,7-8H,4-6,9-13H2,(H,19,24)(H,20,21)(H,22,23). The third-order valence-electron chi connectivity index (χ3n) is 4.36. The van der Waals surface area contributed by atoms with Gasteiger partial charge in [-0.1, -0.05) is 31.0 Å². The lowest BCUT2D eigenvalue weighted by Gasteiger charge is -2.28. The molecule has 3 N–H and O–H groups in total. The number of amides is 2. The first-order chi connectivity index (χ1) is 11.5. The van der Waals surface area contributed by atoms with Gasteiger partial charge in [-0.25, -0.2) is 0 Å². The van der Waals surface area contributed by atoms with Crippen LogP contribution in [0.15, 0.2) is 30.3 Å². The molecular formula is C18H24N2O4. The van der Waals surface area contributed by atoms with Gasteiger partial charge in [0.25, 0.3) is 5.91 Å². The summed E-state index contributed by atoms with van der Waals surface area (Å²) in [5.41, 5.74) is 0.00394. The van der Waals surface area contributed by atoms with Gasteiger partial charge in [-0.3, -0.25) is 14.4 Å². The van der Waals surface area contributed by atoms with Gasteiger partial charge in [0.2, 0.25) is 5.91 Å². The SMILES string of the molecule is O=C(O)CC1(NC(=O)CCCNC(=O)c2ccccc2)CCCC1. The van der Waals surface area contributed by atoms with E-state index in [1.54, 1.807) is 24.3 Å². The average Bonchev–Trinajstić information content (AvgIpc) is 2.99. The predicted octanol–water partition coefficient (Wildman–Crippen LogP) is 2.10. The normalized spacial score (nSPS) is 15.7. The first-order valence-electron chi connectivity index (χ1n) is 8.37. The lowest BCUT2D eigenvalue weighted by molar-refractivity contribution is -0.139. The van der Waals surface area contributed by atoms with Crippen molar-refractivity contribution >= 4 is 17.8 Å². The summed E-state index contributed by atoms with van der Waals surface area (Å²) in [5.74, 6) is -1.19. The number of carboxylic acid groups (broad SMARTS) is 1. The molecule has 2 rings (SSSR count). The minimum Gasteiger partial charge on any atom is -0.481 e. The van der Waals surface area contributed by atoms with Gasteiger partial charge in [-0.05, 0) is 31.4 Å². The highest BCUT2D eigenvalue weighted by Gasteiger charge is 2.37. The maximum absolute atomic E-state index is 12.1. The van der Waals surface area contributed by atoms with Crippen LogP contribution in [0.5, 0.6) is 0 Å². The lowest BCUT2D eigenvalue weighted by Crippen LogP contribution is -2.47. The number of hydrogen-bond donors (Lipinski definition) is 3. The van der Waals surface area contributed by atoms with Crippen LogP contribution in [0.3, 0.4) is 0 Å². The summed E-state index contributed by atoms with van der Waals surface area (Å²) in [6.07, 6.45) is 4.10. The second-order valence-corrected chi connectivity index (χ2v) is 6.33. The molecule has 1 saturated carbocycles. The number of aliphatic carboxylic acids is 1. The summed E-state index contributed by atoms with van der Waals surface area (Å²) in [4.78, 5) is 35.0. The van der Waals surface area contributed by atoms with E-state index in [1.165, 1.54) is 0 Å². The maximum Gasteiger partial charge on any atom is 0.305 e. The Morgan fingerprint density at radius 3 is 2.38 bits per heavy atom. The molecule has 130 valence electrons. The first-order valence-corrected chi connectivity index (χ1v) is 8.37. The van der Waals surface area contributed by atoms with Crippen molar-refractivity contribution in [3.63, 3.8) is 0 Å². The monoisotopic (exact) mass is 332 g/mol. The molecule has 0 atom stereocenters. The molecule has 0 bridgehead atoms. The van der Waals surface area contributed by atoms with E-state index < -0.39 is 11.5 Å². The molecule has 0 heterocycles. The van der Waals surface area contributed by atoms with Gasteiger partial charge in [0, 0.05) is 18.5 Å². The Morgan fingerprint density at radius 1 is 1.08 bits per heavy atom. The van der Waals surface area contributed by atoms with Crippen LogP contribution in [-0.4, -0.2) is 35.0 Å². The van der Waals surface area contributed by atoms with Crippen molar-refractivity contribution in [2.45, 2.75) is 50.5 Å². The highest BCUT2D eigenvalue weighted by Crippen LogP contribution is 2.32. The summed E-state index contributed by atoms with van der Waals surface area (Å²) >= 11 is 0. The summed E-state index contributed by atoms with van der Waals surface area (Å²) in [6.45, 7) is 0.410. The zero-order valence-electron chi connectivity index (χ0n) is 13.7. The second kappa shape index (κ2) is 8.47. The molecule has 1 fully saturated rings. The van der Waals surface area contributed by atoms with Crippen LogP contribution in [0.4, 0.5) is 0 Å². The van der Waals surface area contributed by atoms with E-state index in [1.807, 2.05) is 6.07 Å². The van der Waals surface area contributed by atoms with E-state index >= 15 is 0 Å². The number of carbonyl (C=O) groups is 3. The Balaban J connectivity index is 1.71. The fourth-order valence-corrected chi connectivity index (χ4v) is 3.19. The third-order valence-corrected chi connectivity index (χ3v) is 4.36. The zero-order valence-corrected chi connectivity index (χ0v) is 13.7. The van der Waals surface area contributed by atoms with Crippen LogP contribution < -0.4 is 10.6 Å². The summed E-state index contributed by atoms with van der Waals surface area (Å²) in [5, 5.41) is 14.7. The van der Waals surface area contributed by atoms with E-state index in [2.05, 4.69) is 10.6 Å². The van der Waals surface area contributed by atoms with Gasteiger partial charge >= 0.3 is 5.97 Å². The first kappa shape index (κ1) is 18.0. The number of hydrogen-bond acceptors (Lipinski definition) is 3. The molecular weight excluding hydrogens is 308 g/mol. The zero-order chi connectivity index (χ0) is 17.4. The second-order valence-electron chi connectivity index (χ2n) is 6.33. The summed E-state index contributed by atoms with van der Waals surface area (Å²) < 4.78 is 0. The van der Waals surface area contributed by atoms with Crippen LogP contribution in [0.1, 0.15) is 55.3 Å². The molecule has 1 aromatic carbocycles. The number of rotatable bonds is 8. The predicted molar refractivity (Wildman–Crippen MR) is 89.6 cm³/mol. The molecule has 1 aliphatic carbocycles. The molecule has 0 spiro atoms. The fraction of sp³-hybridized carbons (Fsp3) is 0.500. The van der Waals surface area contributed by atoms with Gasteiger partial charge in [-0.2, -0.15) is 0 Å². The van der Waals surface area contributed by atoms with Crippen molar-refractivity contribution in [3.8, 4) is 0 Å². The van der Waals surface area contributed by atoms with Crippen molar-refractivity contribution in [1.29, 1.82) is 0 Å². The van der Waals surface area contributed by atoms with Gasteiger partial charge in [0.1, 0.15) is 0 Å². The van der Waals surface area contributed by atoms with Crippen molar-refractivity contribution in [2.24, 2.45) is 0 Å². The topological polar surface area (TPSA) is 95.5 Å². The number of nitrogens with one attached hydrogen (secondary N) is 2. The molecule has 0 aromatic heterocycles. The van der Waals surface area contributed by atoms with Crippen LogP contribution in [0, 0.1) is 0 Å². The van der Waals surface area contributed by atoms with Gasteiger partial charge < -0.3 is 15.7 Å². The minimum absolute atomic E-state index is 0.0243. The van der Waals surface area contributed by atoms with Crippen LogP contribution >= 0.6 is 0 Å². The highest BCUT2D eigenvalue weighted by molar-refractivity contribution is 5.94. The molecule has 0 aliphatic heterocycles. The fourth-order valence-electron chi connectivity index (χ4n) is 3.19. The summed E-state index contributed by atoms with van der Waals surface area (Å²) in [7, 11) is 0. The number of carbonyl (C=O) groups excluding carboxylic acids is 2. The van der Waals surface area contributed by atoms with Crippen molar-refractivity contribution in [3.05, 3.63) is 35.9 Å². The molecule has 0 unspecified atom stereocenters. The van der Waals surface area contributed by atoms with E-state index in [0.717, 1.165) is 25.7 Å². The summed E-state index contributed by atoms with van der Waals surface area (Å²) in [6, 6.07) is 8.91. The van der Waals surface area contributed by atoms with Gasteiger partial charge in [-0.15, -0.1) is 0 Å². The minimum atomic E-state index is -0.882. The van der Waals surface area contributed by atoms with E-state index in [9.17, 15) is 14.4 Å². The third kappa shape index (κ3) is 5.37.